The number of methoxy groups -OCH3 is 1. The third-order valence-electron chi connectivity index (χ3n) is 4.47. The van der Waals surface area contributed by atoms with Gasteiger partial charge in [-0.05, 0) is 44.0 Å². The Morgan fingerprint density at radius 2 is 2.13 bits per heavy atom. The van der Waals surface area contributed by atoms with E-state index in [0.717, 1.165) is 17.4 Å². The summed E-state index contributed by atoms with van der Waals surface area (Å²) >= 11 is 0. The van der Waals surface area contributed by atoms with Crippen LogP contribution in [-0.2, 0) is 11.3 Å². The highest BCUT2D eigenvalue weighted by Gasteiger charge is 2.15. The third kappa shape index (κ3) is 3.57. The molecule has 1 aromatic heterocycles. The van der Waals surface area contributed by atoms with Crippen molar-refractivity contribution in [2.24, 2.45) is 0 Å². The average Bonchev–Trinajstić information content (AvgIpc) is 2.81. The number of carbonyl (C=O) groups is 1. The topological polar surface area (TPSA) is 63.5 Å². The second kappa shape index (κ2) is 7.62. The lowest BCUT2D eigenvalue weighted by atomic mass is 10.1. The van der Waals surface area contributed by atoms with E-state index in [1.54, 1.807) is 7.11 Å². The Bertz CT molecular complexity index is 687. The molecule has 23 heavy (non-hydrogen) atoms. The summed E-state index contributed by atoms with van der Waals surface area (Å²) in [4.78, 5) is 12.3. The molecule has 1 amide bonds. The number of nitrogens with one attached hydrogen (secondary N) is 1. The summed E-state index contributed by atoms with van der Waals surface area (Å²) in [5.41, 5.74) is 4.11. The molecular weight excluding hydrogens is 292 g/mol. The first-order valence-corrected chi connectivity index (χ1v) is 8.03. The van der Waals surface area contributed by atoms with Crippen molar-refractivity contribution in [1.29, 1.82) is 0 Å². The van der Waals surface area contributed by atoms with Crippen molar-refractivity contribution in [3.8, 4) is 0 Å². The number of aromatic nitrogens is 1. The molecule has 0 aliphatic heterocycles. The molecule has 0 fully saturated rings. The maximum Gasteiger partial charge on any atom is 0.251 e. The highest BCUT2D eigenvalue weighted by Crippen LogP contribution is 2.26. The lowest BCUT2D eigenvalue weighted by Crippen LogP contribution is -2.36. The summed E-state index contributed by atoms with van der Waals surface area (Å²) in [7, 11) is 1.70. The predicted octanol–water partition coefficient (Wildman–Crippen LogP) is 2.41. The van der Waals surface area contributed by atoms with E-state index >= 15 is 0 Å². The summed E-state index contributed by atoms with van der Waals surface area (Å²) in [5, 5.41) is 13.2. The van der Waals surface area contributed by atoms with Crippen LogP contribution in [0.25, 0.3) is 10.9 Å². The second-order valence-electron chi connectivity index (χ2n) is 5.85. The van der Waals surface area contributed by atoms with Crippen molar-refractivity contribution < 1.29 is 14.6 Å². The molecule has 0 spiro atoms. The normalized spacial score (nSPS) is 12.6. The number of ether oxygens (including phenoxy) is 1. The number of hydrogen-bond donors (Lipinski definition) is 2. The van der Waals surface area contributed by atoms with Crippen LogP contribution in [0.2, 0.25) is 0 Å². The number of aliphatic hydroxyl groups is 1. The molecule has 5 nitrogen and oxygen atoms in total. The Morgan fingerprint density at radius 3 is 2.74 bits per heavy atom. The summed E-state index contributed by atoms with van der Waals surface area (Å²) < 4.78 is 7.40. The minimum Gasteiger partial charge on any atom is -0.394 e. The largest absolute Gasteiger partial charge is 0.394 e. The number of aliphatic hydroxyl groups excluding tert-OH is 1. The van der Waals surface area contributed by atoms with Crippen LogP contribution in [0.15, 0.2) is 18.2 Å². The van der Waals surface area contributed by atoms with Crippen LogP contribution in [0.3, 0.4) is 0 Å². The van der Waals surface area contributed by atoms with Gasteiger partial charge in [0.1, 0.15) is 0 Å². The van der Waals surface area contributed by atoms with Crippen LogP contribution >= 0.6 is 0 Å². The van der Waals surface area contributed by atoms with E-state index in [1.807, 2.05) is 25.1 Å². The minimum absolute atomic E-state index is 0.0456. The first kappa shape index (κ1) is 17.5. The molecule has 0 aliphatic rings. The molecule has 1 aromatic carbocycles. The predicted molar refractivity (Wildman–Crippen MR) is 91.9 cm³/mol. The molecule has 1 atom stereocenters. The number of carbonyl (C=O) groups excluding carboxylic acids is 1. The maximum absolute atomic E-state index is 12.3. The number of fused-ring (bicyclic) bond motifs is 1. The Morgan fingerprint density at radius 1 is 1.39 bits per heavy atom. The number of amides is 1. The molecule has 2 N–H and O–H groups in total. The zero-order valence-corrected chi connectivity index (χ0v) is 14.3. The third-order valence-corrected chi connectivity index (χ3v) is 4.47. The summed E-state index contributed by atoms with van der Waals surface area (Å²) in [6.07, 6.45) is 0.704. The van der Waals surface area contributed by atoms with Crippen LogP contribution in [0.4, 0.5) is 0 Å². The van der Waals surface area contributed by atoms with E-state index in [1.165, 1.54) is 11.3 Å². The molecule has 2 rings (SSSR count). The maximum atomic E-state index is 12.3. The molecule has 0 saturated carbocycles. The quantitative estimate of drug-likeness (QED) is 0.824. The molecule has 0 bridgehead atoms. The van der Waals surface area contributed by atoms with Gasteiger partial charge < -0.3 is 19.7 Å². The summed E-state index contributed by atoms with van der Waals surface area (Å²) in [6, 6.07) is 5.55. The van der Waals surface area contributed by atoms with Crippen molar-refractivity contribution in [2.75, 3.05) is 20.3 Å². The molecule has 5 heteroatoms. The average molecular weight is 318 g/mol. The second-order valence-corrected chi connectivity index (χ2v) is 5.85. The van der Waals surface area contributed by atoms with Gasteiger partial charge in [0.15, 0.2) is 0 Å². The lowest BCUT2D eigenvalue weighted by Gasteiger charge is -2.14. The number of hydrogen-bond acceptors (Lipinski definition) is 3. The Kier molecular flexibility index (Phi) is 5.80. The van der Waals surface area contributed by atoms with Crippen LogP contribution < -0.4 is 5.32 Å². The van der Waals surface area contributed by atoms with E-state index in [0.29, 0.717) is 18.6 Å². The molecule has 2 aromatic rings. The van der Waals surface area contributed by atoms with Gasteiger partial charge in [-0.25, -0.2) is 0 Å². The molecule has 1 heterocycles. The zero-order valence-electron chi connectivity index (χ0n) is 14.3. The van der Waals surface area contributed by atoms with E-state index < -0.39 is 0 Å². The molecule has 0 radical (unpaired) electrons. The molecule has 1 unspecified atom stereocenters. The SMILES string of the molecule is CCC(CO)NC(=O)c1ccc2c(c1)c(C)c(C)n2CCOC. The van der Waals surface area contributed by atoms with Gasteiger partial charge in [0.25, 0.3) is 5.91 Å². The number of aryl methyl sites for hydroxylation is 1. The lowest BCUT2D eigenvalue weighted by molar-refractivity contribution is 0.0915. The number of nitrogens with zero attached hydrogens (tertiary/aromatic N) is 1. The number of benzene rings is 1. The zero-order chi connectivity index (χ0) is 17.0. The Balaban J connectivity index is 2.35. The highest BCUT2D eigenvalue weighted by molar-refractivity contribution is 5.99. The van der Waals surface area contributed by atoms with E-state index in [-0.39, 0.29) is 18.6 Å². The van der Waals surface area contributed by atoms with Crippen LogP contribution in [0.5, 0.6) is 0 Å². The van der Waals surface area contributed by atoms with Gasteiger partial charge in [-0.1, -0.05) is 6.92 Å². The van der Waals surface area contributed by atoms with E-state index in [2.05, 4.69) is 23.7 Å². The molecule has 126 valence electrons. The van der Waals surface area contributed by atoms with Crippen LogP contribution in [0.1, 0.15) is 35.0 Å². The van der Waals surface area contributed by atoms with Crippen LogP contribution in [0, 0.1) is 13.8 Å². The summed E-state index contributed by atoms with van der Waals surface area (Å²) in [5.74, 6) is -0.144. The van der Waals surface area contributed by atoms with E-state index in [9.17, 15) is 9.90 Å². The minimum atomic E-state index is -0.202. The van der Waals surface area contributed by atoms with Gasteiger partial charge in [0, 0.05) is 35.8 Å². The molecular formula is C18H26N2O3. The first-order valence-electron chi connectivity index (χ1n) is 8.03. The van der Waals surface area contributed by atoms with Crippen LogP contribution in [-0.4, -0.2) is 41.9 Å². The monoisotopic (exact) mass is 318 g/mol. The molecule has 0 saturated heterocycles. The van der Waals surface area contributed by atoms with E-state index in [4.69, 9.17) is 4.74 Å². The van der Waals surface area contributed by atoms with Crippen molar-refractivity contribution >= 4 is 16.8 Å². The fourth-order valence-electron chi connectivity index (χ4n) is 2.81. The smallest absolute Gasteiger partial charge is 0.251 e. The Hall–Kier alpha value is -1.85. The van der Waals surface area contributed by atoms with Crippen molar-refractivity contribution in [2.45, 2.75) is 39.8 Å². The van der Waals surface area contributed by atoms with Crippen molar-refractivity contribution in [1.82, 2.24) is 9.88 Å². The van der Waals surface area contributed by atoms with Gasteiger partial charge >= 0.3 is 0 Å². The first-order chi connectivity index (χ1) is 11.0. The van der Waals surface area contributed by atoms with Gasteiger partial charge in [-0.15, -0.1) is 0 Å². The standard InChI is InChI=1S/C18H26N2O3/c1-5-15(11-21)19-18(22)14-6-7-17-16(10-14)12(2)13(3)20(17)8-9-23-4/h6-7,10,15,21H,5,8-9,11H2,1-4H3,(H,19,22). The van der Waals surface area contributed by atoms with Crippen molar-refractivity contribution in [3.05, 3.63) is 35.0 Å². The fraction of sp³-hybridized carbons (Fsp3) is 0.500. The fourth-order valence-corrected chi connectivity index (χ4v) is 2.81. The highest BCUT2D eigenvalue weighted by atomic mass is 16.5. The molecule has 0 aliphatic carbocycles. The van der Waals surface area contributed by atoms with Gasteiger partial charge in [-0.3, -0.25) is 4.79 Å². The summed E-state index contributed by atoms with van der Waals surface area (Å²) in [6.45, 7) is 7.50. The van der Waals surface area contributed by atoms with Gasteiger partial charge in [0.05, 0.1) is 19.3 Å². The Labute approximate surface area is 137 Å². The van der Waals surface area contributed by atoms with Crippen molar-refractivity contribution in [3.63, 3.8) is 0 Å². The number of rotatable bonds is 7. The van der Waals surface area contributed by atoms with Gasteiger partial charge in [-0.2, -0.15) is 0 Å². The van der Waals surface area contributed by atoms with Gasteiger partial charge in [0.2, 0.25) is 0 Å².